The Balaban J connectivity index is 0.00000225. The van der Waals surface area contributed by atoms with E-state index in [9.17, 15) is 9.90 Å². The summed E-state index contributed by atoms with van der Waals surface area (Å²) in [5, 5.41) is 10.4. The Morgan fingerprint density at radius 2 is 1.94 bits per heavy atom. The van der Waals surface area contributed by atoms with Crippen LogP contribution in [0.15, 0.2) is 24.3 Å². The van der Waals surface area contributed by atoms with E-state index in [1.165, 1.54) is 24.8 Å². The second-order valence-electron chi connectivity index (χ2n) is 3.83. The first-order valence-electron chi connectivity index (χ1n) is 5.50. The summed E-state index contributed by atoms with van der Waals surface area (Å²) in [5.74, 6) is -1.01. The van der Waals surface area contributed by atoms with E-state index in [4.69, 9.17) is 0 Å². The van der Waals surface area contributed by atoms with Crippen molar-refractivity contribution in [3.63, 3.8) is 0 Å². The normalized spacial score (nSPS) is 9.56. The molecule has 0 atom stereocenters. The van der Waals surface area contributed by atoms with Crippen LogP contribution in [-0.4, -0.2) is 5.97 Å². The molecular formula is C13H17LiO2. The largest absolute Gasteiger partial charge is 1.00 e. The minimum absolute atomic E-state index is 0. The van der Waals surface area contributed by atoms with E-state index in [0.29, 0.717) is 0 Å². The molecule has 16 heavy (non-hydrogen) atoms. The third-order valence-electron chi connectivity index (χ3n) is 2.41. The molecule has 1 aromatic carbocycles. The predicted molar refractivity (Wildman–Crippen MR) is 58.4 cm³/mol. The summed E-state index contributed by atoms with van der Waals surface area (Å²) in [4.78, 5) is 10.4. The van der Waals surface area contributed by atoms with Gasteiger partial charge < -0.3 is 9.90 Å². The van der Waals surface area contributed by atoms with Gasteiger partial charge in [0.05, 0.1) is 0 Å². The van der Waals surface area contributed by atoms with Crippen molar-refractivity contribution in [1.29, 1.82) is 0 Å². The fourth-order valence-corrected chi connectivity index (χ4v) is 1.64. The van der Waals surface area contributed by atoms with Crippen LogP contribution in [0, 0.1) is 0 Å². The van der Waals surface area contributed by atoms with Crippen LogP contribution >= 0.6 is 0 Å². The van der Waals surface area contributed by atoms with Crippen molar-refractivity contribution in [2.75, 3.05) is 0 Å². The maximum atomic E-state index is 10.4. The number of hydrogen-bond acceptors (Lipinski definition) is 2. The van der Waals surface area contributed by atoms with E-state index < -0.39 is 5.97 Å². The Morgan fingerprint density at radius 3 is 2.56 bits per heavy atom. The molecule has 1 aromatic rings. The average molecular weight is 212 g/mol. The first-order chi connectivity index (χ1) is 7.22. The van der Waals surface area contributed by atoms with Gasteiger partial charge in [0.2, 0.25) is 0 Å². The SMILES string of the molecule is CCCCCc1cccc(CC(=O)[O-])c1.[Li+]. The van der Waals surface area contributed by atoms with Crippen LogP contribution in [0.1, 0.15) is 37.3 Å². The van der Waals surface area contributed by atoms with E-state index in [0.717, 1.165) is 12.0 Å². The number of aryl methyl sites for hydroxylation is 1. The van der Waals surface area contributed by atoms with Crippen LogP contribution in [0.2, 0.25) is 0 Å². The van der Waals surface area contributed by atoms with Crippen LogP contribution < -0.4 is 24.0 Å². The minimum atomic E-state index is -1.01. The standard InChI is InChI=1S/C13H18O2.Li/c1-2-3-4-6-11-7-5-8-12(9-11)10-13(14)15;/h5,7-9H,2-4,6,10H2,1H3,(H,14,15);/q;+1/p-1. The number of carbonyl (C=O) groups is 1. The summed E-state index contributed by atoms with van der Waals surface area (Å²) in [6.45, 7) is 2.17. The first kappa shape index (κ1) is 15.3. The zero-order valence-corrected chi connectivity index (χ0v) is 10.2. The van der Waals surface area contributed by atoms with Gasteiger partial charge in [-0.1, -0.05) is 44.0 Å². The summed E-state index contributed by atoms with van der Waals surface area (Å²) in [7, 11) is 0. The smallest absolute Gasteiger partial charge is 0.550 e. The molecule has 0 aromatic heterocycles. The third-order valence-corrected chi connectivity index (χ3v) is 2.41. The molecule has 3 heteroatoms. The topological polar surface area (TPSA) is 40.1 Å². The summed E-state index contributed by atoms with van der Waals surface area (Å²) in [5.41, 5.74) is 2.06. The van der Waals surface area contributed by atoms with E-state index in [1.54, 1.807) is 0 Å². The van der Waals surface area contributed by atoms with E-state index in [2.05, 4.69) is 13.0 Å². The van der Waals surface area contributed by atoms with Gasteiger partial charge in [-0.2, -0.15) is 0 Å². The Bertz CT molecular complexity index is 323. The number of carboxylic acid groups (broad SMARTS) is 1. The Hall–Kier alpha value is -0.713. The van der Waals surface area contributed by atoms with Crippen LogP contribution in [-0.2, 0) is 17.6 Å². The second kappa shape index (κ2) is 8.44. The van der Waals surface area contributed by atoms with Gasteiger partial charge in [-0.05, 0) is 24.0 Å². The number of benzene rings is 1. The molecule has 0 bridgehead atoms. The maximum Gasteiger partial charge on any atom is 1.00 e. The maximum absolute atomic E-state index is 10.4. The summed E-state index contributed by atoms with van der Waals surface area (Å²) in [6.07, 6.45) is 4.66. The molecule has 0 aliphatic carbocycles. The van der Waals surface area contributed by atoms with Gasteiger partial charge in [0.25, 0.3) is 0 Å². The van der Waals surface area contributed by atoms with Gasteiger partial charge in [-0.3, -0.25) is 0 Å². The number of hydrogen-bond donors (Lipinski definition) is 0. The fourth-order valence-electron chi connectivity index (χ4n) is 1.64. The van der Waals surface area contributed by atoms with Crippen LogP contribution in [0.5, 0.6) is 0 Å². The van der Waals surface area contributed by atoms with E-state index >= 15 is 0 Å². The molecule has 0 amide bonds. The molecule has 1 rings (SSSR count). The molecule has 0 heterocycles. The fraction of sp³-hybridized carbons (Fsp3) is 0.462. The zero-order chi connectivity index (χ0) is 11.1. The monoisotopic (exact) mass is 212 g/mol. The van der Waals surface area contributed by atoms with Crippen molar-refractivity contribution >= 4 is 5.97 Å². The van der Waals surface area contributed by atoms with Crippen LogP contribution in [0.25, 0.3) is 0 Å². The molecule has 0 N–H and O–H groups in total. The summed E-state index contributed by atoms with van der Waals surface area (Å²) < 4.78 is 0. The molecule has 0 fully saturated rings. The number of unbranched alkanes of at least 4 members (excludes halogenated alkanes) is 2. The summed E-state index contributed by atoms with van der Waals surface area (Å²) >= 11 is 0. The number of carboxylic acids is 1. The number of carbonyl (C=O) groups excluding carboxylic acids is 1. The molecule has 0 unspecified atom stereocenters. The van der Waals surface area contributed by atoms with E-state index in [-0.39, 0.29) is 25.3 Å². The van der Waals surface area contributed by atoms with Crippen LogP contribution in [0.4, 0.5) is 0 Å². The molecule has 2 nitrogen and oxygen atoms in total. The predicted octanol–water partition coefficient (Wildman–Crippen LogP) is -1.28. The molecule has 82 valence electrons. The Morgan fingerprint density at radius 1 is 1.25 bits per heavy atom. The van der Waals surface area contributed by atoms with Crippen molar-refractivity contribution in [2.45, 2.75) is 39.0 Å². The van der Waals surface area contributed by atoms with Crippen molar-refractivity contribution in [3.05, 3.63) is 35.4 Å². The van der Waals surface area contributed by atoms with Gasteiger partial charge in [-0.25, -0.2) is 0 Å². The average Bonchev–Trinajstić information content (AvgIpc) is 2.18. The molecular weight excluding hydrogens is 195 g/mol. The van der Waals surface area contributed by atoms with E-state index in [1.807, 2.05) is 18.2 Å². The minimum Gasteiger partial charge on any atom is -0.550 e. The second-order valence-corrected chi connectivity index (χ2v) is 3.83. The van der Waals surface area contributed by atoms with Gasteiger partial charge in [-0.15, -0.1) is 0 Å². The quantitative estimate of drug-likeness (QED) is 0.435. The molecule has 0 radical (unpaired) electrons. The number of aliphatic carboxylic acids is 1. The van der Waals surface area contributed by atoms with Gasteiger partial charge in [0.1, 0.15) is 0 Å². The summed E-state index contributed by atoms with van der Waals surface area (Å²) in [6, 6.07) is 7.76. The van der Waals surface area contributed by atoms with Crippen molar-refractivity contribution in [3.8, 4) is 0 Å². The van der Waals surface area contributed by atoms with Gasteiger partial charge >= 0.3 is 18.9 Å². The van der Waals surface area contributed by atoms with Gasteiger partial charge in [0, 0.05) is 12.4 Å². The molecule has 0 aliphatic rings. The molecule has 0 saturated heterocycles. The van der Waals surface area contributed by atoms with Crippen molar-refractivity contribution in [2.24, 2.45) is 0 Å². The molecule has 0 spiro atoms. The Kier molecular flexibility index (Phi) is 8.06. The number of rotatable bonds is 6. The zero-order valence-electron chi connectivity index (χ0n) is 10.2. The first-order valence-corrected chi connectivity index (χ1v) is 5.50. The van der Waals surface area contributed by atoms with Crippen LogP contribution in [0.3, 0.4) is 0 Å². The molecule has 0 aliphatic heterocycles. The third kappa shape index (κ3) is 6.00. The Labute approximate surface area is 109 Å². The van der Waals surface area contributed by atoms with Crippen molar-refractivity contribution in [1.82, 2.24) is 0 Å². The van der Waals surface area contributed by atoms with Gasteiger partial charge in [0.15, 0.2) is 0 Å². The van der Waals surface area contributed by atoms with Crippen molar-refractivity contribution < 1.29 is 28.8 Å². The molecule has 0 saturated carbocycles.